The zero-order chi connectivity index (χ0) is 18.2. The molecule has 2 aromatic rings. The first-order valence-electron chi connectivity index (χ1n) is 8.49. The van der Waals surface area contributed by atoms with Crippen LogP contribution in [0.2, 0.25) is 0 Å². The van der Waals surface area contributed by atoms with E-state index in [1.165, 1.54) is 0 Å². The Labute approximate surface area is 149 Å². The Morgan fingerprint density at radius 3 is 2.68 bits per heavy atom. The lowest BCUT2D eigenvalue weighted by molar-refractivity contribution is -0.114. The van der Waals surface area contributed by atoms with Gasteiger partial charge in [-0.15, -0.1) is 0 Å². The van der Waals surface area contributed by atoms with Gasteiger partial charge < -0.3 is 15.4 Å². The van der Waals surface area contributed by atoms with E-state index in [1.54, 1.807) is 0 Å². The lowest BCUT2D eigenvalue weighted by atomic mass is 10.1. The summed E-state index contributed by atoms with van der Waals surface area (Å²) in [6.45, 7) is 10.5. The minimum absolute atomic E-state index is 0.0720. The summed E-state index contributed by atoms with van der Waals surface area (Å²) in [4.78, 5) is 12.3. The molecule has 1 amide bonds. The minimum Gasteiger partial charge on any atom is -0.489 e. The molecule has 0 atom stereocenters. The Morgan fingerprint density at radius 1 is 1.20 bits per heavy atom. The molecular weight excluding hydrogens is 312 g/mol. The Kier molecular flexibility index (Phi) is 6.63. The lowest BCUT2D eigenvalue weighted by Crippen LogP contribution is -2.22. The number of amides is 1. The van der Waals surface area contributed by atoms with Gasteiger partial charge in [0.25, 0.3) is 0 Å². The minimum atomic E-state index is -0.0720. The number of carbonyl (C=O) groups is 1. The molecule has 0 fully saturated rings. The molecule has 0 saturated heterocycles. The summed E-state index contributed by atoms with van der Waals surface area (Å²) in [6, 6.07) is 13.6. The highest BCUT2D eigenvalue weighted by Gasteiger charge is 2.08. The van der Waals surface area contributed by atoms with Crippen LogP contribution in [0.4, 0.5) is 11.4 Å². The highest BCUT2D eigenvalue weighted by Crippen LogP contribution is 2.21. The van der Waals surface area contributed by atoms with Crippen LogP contribution in [0.15, 0.2) is 54.6 Å². The zero-order valence-electron chi connectivity index (χ0n) is 15.2. The number of carbonyl (C=O) groups excluding carboxylic acids is 1. The van der Waals surface area contributed by atoms with Crippen molar-refractivity contribution in [2.75, 3.05) is 23.8 Å². The van der Waals surface area contributed by atoms with Crippen LogP contribution in [0.3, 0.4) is 0 Å². The molecule has 25 heavy (non-hydrogen) atoms. The molecule has 132 valence electrons. The van der Waals surface area contributed by atoms with Gasteiger partial charge in [-0.25, -0.2) is 0 Å². The molecule has 0 heterocycles. The van der Waals surface area contributed by atoms with Crippen LogP contribution in [0.1, 0.15) is 25.0 Å². The van der Waals surface area contributed by atoms with E-state index in [1.807, 2.05) is 56.3 Å². The fourth-order valence-electron chi connectivity index (χ4n) is 2.47. The van der Waals surface area contributed by atoms with Gasteiger partial charge in [0.05, 0.1) is 6.54 Å². The average molecular weight is 338 g/mol. The molecule has 2 aromatic carbocycles. The summed E-state index contributed by atoms with van der Waals surface area (Å²) >= 11 is 0. The van der Waals surface area contributed by atoms with E-state index in [-0.39, 0.29) is 12.5 Å². The van der Waals surface area contributed by atoms with Gasteiger partial charge in [0.15, 0.2) is 0 Å². The zero-order valence-corrected chi connectivity index (χ0v) is 15.2. The number of hydrogen-bond donors (Lipinski definition) is 2. The smallest absolute Gasteiger partial charge is 0.243 e. The Hall–Kier alpha value is -2.75. The molecular formula is C21H26N2O2. The van der Waals surface area contributed by atoms with Crippen molar-refractivity contribution in [1.29, 1.82) is 0 Å². The van der Waals surface area contributed by atoms with Crippen LogP contribution >= 0.6 is 0 Å². The lowest BCUT2D eigenvalue weighted by Gasteiger charge is -2.14. The topological polar surface area (TPSA) is 50.4 Å². The van der Waals surface area contributed by atoms with E-state index in [9.17, 15) is 4.79 Å². The standard InChI is InChI=1S/C21H26N2O2/c1-5-17-9-6-8-16(4)21(17)23-20(24)13-22-18-10-7-11-19(12-18)25-14-15(2)3/h6-12,22H,2,5,13-14H2,1,3-4H3,(H,23,24). The number of hydrogen-bond acceptors (Lipinski definition) is 3. The summed E-state index contributed by atoms with van der Waals surface area (Å²) in [5.74, 6) is 0.679. The number of rotatable bonds is 8. The second-order valence-corrected chi connectivity index (χ2v) is 6.14. The number of nitrogens with one attached hydrogen (secondary N) is 2. The fourth-order valence-corrected chi connectivity index (χ4v) is 2.47. The summed E-state index contributed by atoms with van der Waals surface area (Å²) in [6.07, 6.45) is 0.882. The maximum Gasteiger partial charge on any atom is 0.243 e. The van der Waals surface area contributed by atoms with Crippen LogP contribution in [0.5, 0.6) is 5.75 Å². The molecule has 0 aliphatic carbocycles. The van der Waals surface area contributed by atoms with Crippen LogP contribution in [-0.4, -0.2) is 19.1 Å². The second-order valence-electron chi connectivity index (χ2n) is 6.14. The quantitative estimate of drug-likeness (QED) is 0.694. The second kappa shape index (κ2) is 8.92. The molecule has 0 spiro atoms. The molecule has 2 N–H and O–H groups in total. The number of para-hydroxylation sites is 1. The first-order valence-corrected chi connectivity index (χ1v) is 8.49. The summed E-state index contributed by atoms with van der Waals surface area (Å²) < 4.78 is 5.62. The van der Waals surface area contributed by atoms with Gasteiger partial charge in [0, 0.05) is 17.4 Å². The largest absolute Gasteiger partial charge is 0.489 e. The third-order valence-corrected chi connectivity index (χ3v) is 3.78. The van der Waals surface area contributed by atoms with Gasteiger partial charge in [-0.05, 0) is 49.1 Å². The van der Waals surface area contributed by atoms with Gasteiger partial charge >= 0.3 is 0 Å². The number of benzene rings is 2. The highest BCUT2D eigenvalue weighted by molar-refractivity contribution is 5.95. The molecule has 0 bridgehead atoms. The predicted octanol–water partition coefficient (Wildman–Crippen LogP) is 4.56. The Bertz CT molecular complexity index is 753. The van der Waals surface area contributed by atoms with Crippen molar-refractivity contribution in [2.24, 2.45) is 0 Å². The van der Waals surface area contributed by atoms with Gasteiger partial charge in [-0.1, -0.05) is 37.8 Å². The molecule has 2 rings (SSSR count). The van der Waals surface area contributed by atoms with Crippen LogP contribution in [0.25, 0.3) is 0 Å². The van der Waals surface area contributed by atoms with Crippen LogP contribution in [-0.2, 0) is 11.2 Å². The summed E-state index contributed by atoms with van der Waals surface area (Å²) in [5, 5.41) is 6.15. The van der Waals surface area contributed by atoms with Crippen molar-refractivity contribution in [2.45, 2.75) is 27.2 Å². The third-order valence-electron chi connectivity index (χ3n) is 3.78. The summed E-state index contributed by atoms with van der Waals surface area (Å²) in [5.41, 5.74) is 4.93. The van der Waals surface area contributed by atoms with Gasteiger partial charge in [-0.3, -0.25) is 4.79 Å². The van der Waals surface area contributed by atoms with E-state index in [0.29, 0.717) is 6.61 Å². The number of ether oxygens (including phenoxy) is 1. The van der Waals surface area contributed by atoms with Crippen molar-refractivity contribution in [1.82, 2.24) is 0 Å². The molecule has 0 aromatic heterocycles. The summed E-state index contributed by atoms with van der Waals surface area (Å²) in [7, 11) is 0. The van der Waals surface area contributed by atoms with Crippen molar-refractivity contribution in [3.05, 3.63) is 65.7 Å². The van der Waals surface area contributed by atoms with E-state index >= 15 is 0 Å². The third kappa shape index (κ3) is 5.68. The van der Waals surface area contributed by atoms with Crippen LogP contribution in [0, 0.1) is 6.92 Å². The highest BCUT2D eigenvalue weighted by atomic mass is 16.5. The monoisotopic (exact) mass is 338 g/mol. The van der Waals surface area contributed by atoms with E-state index in [0.717, 1.165) is 40.2 Å². The van der Waals surface area contributed by atoms with Crippen molar-refractivity contribution < 1.29 is 9.53 Å². The molecule has 0 aliphatic heterocycles. The van der Waals surface area contributed by atoms with Crippen molar-refractivity contribution in [3.63, 3.8) is 0 Å². The fraction of sp³-hybridized carbons (Fsp3) is 0.286. The van der Waals surface area contributed by atoms with Crippen molar-refractivity contribution in [3.8, 4) is 5.75 Å². The number of anilines is 2. The molecule has 4 heteroatoms. The average Bonchev–Trinajstić information content (AvgIpc) is 2.60. The molecule has 0 aliphatic rings. The maximum atomic E-state index is 12.3. The SMILES string of the molecule is C=C(C)COc1cccc(NCC(=O)Nc2c(C)cccc2CC)c1. The molecule has 0 saturated carbocycles. The molecule has 4 nitrogen and oxygen atoms in total. The van der Waals surface area contributed by atoms with Gasteiger partial charge in [0.1, 0.15) is 12.4 Å². The predicted molar refractivity (Wildman–Crippen MR) is 104 cm³/mol. The van der Waals surface area contributed by atoms with E-state index < -0.39 is 0 Å². The first-order chi connectivity index (χ1) is 12.0. The number of aryl methyl sites for hydroxylation is 2. The maximum absolute atomic E-state index is 12.3. The van der Waals surface area contributed by atoms with Crippen molar-refractivity contribution >= 4 is 17.3 Å². The van der Waals surface area contributed by atoms with E-state index in [2.05, 4.69) is 24.1 Å². The van der Waals surface area contributed by atoms with Crippen LogP contribution < -0.4 is 15.4 Å². The van der Waals surface area contributed by atoms with Gasteiger partial charge in [-0.2, -0.15) is 0 Å². The van der Waals surface area contributed by atoms with Gasteiger partial charge in [0.2, 0.25) is 5.91 Å². The normalized spacial score (nSPS) is 10.2. The Morgan fingerprint density at radius 2 is 1.96 bits per heavy atom. The molecule has 0 unspecified atom stereocenters. The Balaban J connectivity index is 1.94. The first kappa shape index (κ1) is 18.6. The molecule has 0 radical (unpaired) electrons. The van der Waals surface area contributed by atoms with E-state index in [4.69, 9.17) is 4.74 Å².